The van der Waals surface area contributed by atoms with Crippen molar-refractivity contribution >= 4 is 29.1 Å². The van der Waals surface area contributed by atoms with Gasteiger partial charge in [-0.05, 0) is 12.1 Å². The summed E-state index contributed by atoms with van der Waals surface area (Å²) in [7, 11) is 3.30. The van der Waals surface area contributed by atoms with Gasteiger partial charge in [-0.2, -0.15) is 0 Å². The number of carbonyl (C=O) groups excluding carboxylic acids is 2. The summed E-state index contributed by atoms with van der Waals surface area (Å²) in [6.07, 6.45) is -0.142. The Kier molecular flexibility index (Phi) is 4.59. The van der Waals surface area contributed by atoms with E-state index in [-0.39, 0.29) is 29.4 Å². The zero-order chi connectivity index (χ0) is 15.6. The van der Waals surface area contributed by atoms with E-state index in [1.54, 1.807) is 19.0 Å². The number of rotatable bonds is 5. The van der Waals surface area contributed by atoms with Gasteiger partial charge in [0.2, 0.25) is 5.91 Å². The van der Waals surface area contributed by atoms with E-state index in [1.807, 2.05) is 0 Å². The van der Waals surface area contributed by atoms with Crippen LogP contribution in [0, 0.1) is 0 Å². The summed E-state index contributed by atoms with van der Waals surface area (Å²) in [6.45, 7) is 0.835. The monoisotopic (exact) mass is 312 g/mol. The number of hydrogen-bond acceptors (Lipinski definition) is 5. The molecule has 1 aliphatic heterocycles. The zero-order valence-corrected chi connectivity index (χ0v) is 12.6. The van der Waals surface area contributed by atoms with Crippen LogP contribution in [-0.2, 0) is 9.53 Å². The number of carboxylic acid groups (broad SMARTS) is 1. The third-order valence-corrected chi connectivity index (χ3v) is 4.17. The number of carbonyl (C=O) groups is 3. The third kappa shape index (κ3) is 3.59. The second kappa shape index (κ2) is 6.23. The van der Waals surface area contributed by atoms with E-state index in [9.17, 15) is 14.4 Å². The second-order valence-corrected chi connectivity index (χ2v) is 5.98. The van der Waals surface area contributed by atoms with Crippen molar-refractivity contribution in [3.63, 3.8) is 0 Å². The second-order valence-electron chi connectivity index (χ2n) is 4.90. The fraction of sp³-hybridized carbons (Fsp3) is 0.462. The van der Waals surface area contributed by atoms with Crippen LogP contribution in [0.3, 0.4) is 0 Å². The van der Waals surface area contributed by atoms with Crippen molar-refractivity contribution in [1.82, 2.24) is 9.80 Å². The molecule has 114 valence electrons. The summed E-state index contributed by atoms with van der Waals surface area (Å²) in [4.78, 5) is 37.8. The van der Waals surface area contributed by atoms with Crippen LogP contribution in [0.5, 0.6) is 0 Å². The topological polar surface area (TPSA) is 87.2 Å². The van der Waals surface area contributed by atoms with Gasteiger partial charge in [0.05, 0.1) is 11.0 Å². The molecule has 1 N–H and O–H groups in total. The lowest BCUT2D eigenvalue weighted by Gasteiger charge is -2.38. The molecule has 1 aromatic heterocycles. The quantitative estimate of drug-likeness (QED) is 0.849. The van der Waals surface area contributed by atoms with Gasteiger partial charge in [0.1, 0.15) is 11.5 Å². The molecule has 8 heteroatoms. The molecule has 0 bridgehead atoms. The predicted molar refractivity (Wildman–Crippen MR) is 75.6 cm³/mol. The van der Waals surface area contributed by atoms with Gasteiger partial charge in [-0.1, -0.05) is 0 Å². The molecule has 0 atom stereocenters. The van der Waals surface area contributed by atoms with Crippen molar-refractivity contribution in [2.45, 2.75) is 6.10 Å². The van der Waals surface area contributed by atoms with E-state index in [0.717, 1.165) is 11.3 Å². The average Bonchev–Trinajstić information content (AvgIpc) is 2.85. The van der Waals surface area contributed by atoms with Crippen LogP contribution in [0.15, 0.2) is 12.1 Å². The number of hydrogen-bond donors (Lipinski definition) is 1. The largest absolute Gasteiger partial charge is 0.477 e. The van der Waals surface area contributed by atoms with E-state index in [1.165, 1.54) is 17.0 Å². The van der Waals surface area contributed by atoms with Crippen molar-refractivity contribution in [3.05, 3.63) is 21.9 Å². The molecule has 0 aliphatic carbocycles. The summed E-state index contributed by atoms with van der Waals surface area (Å²) < 4.78 is 5.38. The Morgan fingerprint density at radius 2 is 1.95 bits per heavy atom. The Balaban J connectivity index is 1.79. The van der Waals surface area contributed by atoms with E-state index in [4.69, 9.17) is 9.84 Å². The molecule has 1 aliphatic rings. The first-order valence-corrected chi connectivity index (χ1v) is 7.14. The van der Waals surface area contributed by atoms with Gasteiger partial charge in [-0.25, -0.2) is 4.79 Å². The van der Waals surface area contributed by atoms with Crippen molar-refractivity contribution in [2.75, 3.05) is 33.8 Å². The Morgan fingerprint density at radius 3 is 2.48 bits per heavy atom. The smallest absolute Gasteiger partial charge is 0.345 e. The van der Waals surface area contributed by atoms with Crippen LogP contribution in [0.25, 0.3) is 0 Å². The Morgan fingerprint density at radius 1 is 1.33 bits per heavy atom. The summed E-state index contributed by atoms with van der Waals surface area (Å²) in [6, 6.07) is 2.93. The molecule has 0 saturated carbocycles. The van der Waals surface area contributed by atoms with Gasteiger partial charge in [0, 0.05) is 27.2 Å². The molecule has 0 spiro atoms. The Labute approximate surface area is 125 Å². The normalized spacial score (nSPS) is 14.7. The Bertz CT molecular complexity index is 563. The Hall–Kier alpha value is -1.93. The molecular formula is C13H16N2O5S. The van der Waals surface area contributed by atoms with Crippen molar-refractivity contribution in [1.29, 1.82) is 0 Å². The van der Waals surface area contributed by atoms with Crippen LogP contribution < -0.4 is 0 Å². The molecule has 1 aromatic rings. The maximum atomic E-state index is 12.1. The standard InChI is InChI=1S/C13H16N2O5S/c1-14(2)11(16)7-20-8-5-15(6-8)12(17)9-3-4-10(21-9)13(18)19/h3-4,8H,5-7H2,1-2H3,(H,18,19). The minimum absolute atomic E-state index is 0.00185. The number of carboxylic acids is 1. The maximum absolute atomic E-state index is 12.1. The molecule has 21 heavy (non-hydrogen) atoms. The lowest BCUT2D eigenvalue weighted by Crippen LogP contribution is -2.55. The molecule has 2 amide bonds. The number of amides is 2. The van der Waals surface area contributed by atoms with Crippen molar-refractivity contribution < 1.29 is 24.2 Å². The molecular weight excluding hydrogens is 296 g/mol. The van der Waals surface area contributed by atoms with Crippen LogP contribution in [-0.4, -0.2) is 72.6 Å². The first-order chi connectivity index (χ1) is 9.88. The van der Waals surface area contributed by atoms with Crippen LogP contribution in [0.1, 0.15) is 19.3 Å². The highest BCUT2D eigenvalue weighted by Gasteiger charge is 2.33. The van der Waals surface area contributed by atoms with Gasteiger partial charge in [0.25, 0.3) is 5.91 Å². The number of nitrogens with zero attached hydrogens (tertiary/aromatic N) is 2. The van der Waals surface area contributed by atoms with Crippen molar-refractivity contribution in [3.8, 4) is 0 Å². The van der Waals surface area contributed by atoms with E-state index >= 15 is 0 Å². The van der Waals surface area contributed by atoms with Crippen LogP contribution >= 0.6 is 11.3 Å². The van der Waals surface area contributed by atoms with Crippen molar-refractivity contribution in [2.24, 2.45) is 0 Å². The average molecular weight is 312 g/mol. The lowest BCUT2D eigenvalue weighted by atomic mass is 10.1. The summed E-state index contributed by atoms with van der Waals surface area (Å²) in [5.41, 5.74) is 0. The zero-order valence-electron chi connectivity index (χ0n) is 11.7. The maximum Gasteiger partial charge on any atom is 0.345 e. The predicted octanol–water partition coefficient (Wildman–Crippen LogP) is 0.375. The van der Waals surface area contributed by atoms with Gasteiger partial charge in [0.15, 0.2) is 0 Å². The first kappa shape index (κ1) is 15.5. The molecule has 7 nitrogen and oxygen atoms in total. The molecule has 1 fully saturated rings. The fourth-order valence-corrected chi connectivity index (χ4v) is 2.56. The van der Waals surface area contributed by atoms with Crippen LogP contribution in [0.4, 0.5) is 0 Å². The first-order valence-electron chi connectivity index (χ1n) is 6.32. The number of thiophene rings is 1. The molecule has 0 aromatic carbocycles. The molecule has 0 radical (unpaired) electrons. The number of likely N-dealkylation sites (tertiary alicyclic amines) is 1. The SMILES string of the molecule is CN(C)C(=O)COC1CN(C(=O)c2ccc(C(=O)O)s2)C1. The minimum Gasteiger partial charge on any atom is -0.477 e. The number of likely N-dealkylation sites (N-methyl/N-ethyl adjacent to an activating group) is 1. The lowest BCUT2D eigenvalue weighted by molar-refractivity contribution is -0.138. The van der Waals surface area contributed by atoms with E-state index in [2.05, 4.69) is 0 Å². The molecule has 1 saturated heterocycles. The van der Waals surface area contributed by atoms with Gasteiger partial charge in [-0.3, -0.25) is 9.59 Å². The van der Waals surface area contributed by atoms with Crippen LogP contribution in [0.2, 0.25) is 0 Å². The van der Waals surface area contributed by atoms with E-state index in [0.29, 0.717) is 18.0 Å². The van der Waals surface area contributed by atoms with Gasteiger partial charge >= 0.3 is 5.97 Å². The number of aromatic carboxylic acids is 1. The highest BCUT2D eigenvalue weighted by Crippen LogP contribution is 2.22. The molecule has 2 heterocycles. The third-order valence-electron chi connectivity index (χ3n) is 3.10. The van der Waals surface area contributed by atoms with Gasteiger partial charge < -0.3 is 19.6 Å². The van der Waals surface area contributed by atoms with E-state index < -0.39 is 5.97 Å². The summed E-state index contributed by atoms with van der Waals surface area (Å²) in [5, 5.41) is 8.83. The highest BCUT2D eigenvalue weighted by molar-refractivity contribution is 7.15. The summed E-state index contributed by atoms with van der Waals surface area (Å²) in [5.74, 6) is -1.36. The molecule has 0 unspecified atom stereocenters. The molecule has 2 rings (SSSR count). The highest BCUT2D eigenvalue weighted by atomic mass is 32.1. The minimum atomic E-state index is -1.04. The summed E-state index contributed by atoms with van der Waals surface area (Å²) >= 11 is 0.958. The number of ether oxygens (including phenoxy) is 1. The van der Waals surface area contributed by atoms with Gasteiger partial charge in [-0.15, -0.1) is 11.3 Å². The fourth-order valence-electron chi connectivity index (χ4n) is 1.75.